The first-order valence-electron chi connectivity index (χ1n) is 8.90. The van der Waals surface area contributed by atoms with Crippen molar-refractivity contribution < 1.29 is 34.7 Å². The van der Waals surface area contributed by atoms with Gasteiger partial charge in [0.05, 0.1) is 17.2 Å². The van der Waals surface area contributed by atoms with Crippen LogP contribution in [0.1, 0.15) is 27.7 Å². The summed E-state index contributed by atoms with van der Waals surface area (Å²) < 4.78 is 9.54. The van der Waals surface area contributed by atoms with Crippen molar-refractivity contribution in [3.05, 3.63) is 22.2 Å². The maximum absolute atomic E-state index is 10.9. The molecule has 1 fully saturated rings. The Balaban J connectivity index is 0.000000921. The van der Waals surface area contributed by atoms with Gasteiger partial charge in [0.25, 0.3) is 0 Å². The molecule has 1 aliphatic heterocycles. The number of hydrogen-bond donors (Lipinski definition) is 5. The minimum Gasteiger partial charge on any atom is -0.394 e. The lowest BCUT2D eigenvalue weighted by molar-refractivity contribution is -0.383. The van der Waals surface area contributed by atoms with Crippen molar-refractivity contribution in [3.8, 4) is 0 Å². The lowest BCUT2D eigenvalue weighted by atomic mass is 9.96. The highest BCUT2D eigenvalue weighted by atomic mass is 16.6. The number of benzene rings is 1. The van der Waals surface area contributed by atoms with Gasteiger partial charge < -0.3 is 30.5 Å². The van der Waals surface area contributed by atoms with Gasteiger partial charge >= 0.3 is 5.69 Å². The number of aliphatic hydroxyl groups excluding tert-OH is 4. The van der Waals surface area contributed by atoms with Crippen LogP contribution in [-0.2, 0) is 4.74 Å². The van der Waals surface area contributed by atoms with Gasteiger partial charge in [0.2, 0.25) is 5.52 Å². The molecule has 5 atom stereocenters. The number of nitrogens with zero attached hydrogens (tertiary/aromatic N) is 3. The van der Waals surface area contributed by atoms with Gasteiger partial charge in [0.1, 0.15) is 24.4 Å². The van der Waals surface area contributed by atoms with Crippen LogP contribution in [0.2, 0.25) is 0 Å². The average Bonchev–Trinajstić information content (AvgIpc) is 3.21. The summed E-state index contributed by atoms with van der Waals surface area (Å²) >= 11 is 0. The summed E-state index contributed by atoms with van der Waals surface area (Å²) in [6.45, 7) is 7.41. The maximum Gasteiger partial charge on any atom is 0.300 e. The highest BCUT2D eigenvalue weighted by molar-refractivity contribution is 5.93. The number of nitro benzene ring substituents is 1. The minimum atomic E-state index is -1.55. The Morgan fingerprint density at radius 2 is 1.71 bits per heavy atom. The summed E-state index contributed by atoms with van der Waals surface area (Å²) in [4.78, 5) is 10.3. The molecule has 1 aromatic heterocycles. The number of ether oxygens (including phenoxy) is 1. The lowest BCUT2D eigenvalue weighted by Gasteiger charge is -2.40. The molecule has 158 valence electrons. The summed E-state index contributed by atoms with van der Waals surface area (Å²) in [5, 5.41) is 59.7. The van der Waals surface area contributed by atoms with E-state index in [1.54, 1.807) is 0 Å². The summed E-state index contributed by atoms with van der Waals surface area (Å²) in [7, 11) is 0. The van der Waals surface area contributed by atoms with Crippen LogP contribution in [0.15, 0.2) is 16.8 Å². The Labute approximate surface area is 160 Å². The third kappa shape index (κ3) is 4.72. The van der Waals surface area contributed by atoms with Gasteiger partial charge in [-0.15, -0.1) is 0 Å². The zero-order valence-corrected chi connectivity index (χ0v) is 16.0. The fourth-order valence-corrected chi connectivity index (χ4v) is 2.55. The lowest BCUT2D eigenvalue weighted by Crippen LogP contribution is -2.61. The molecule has 0 radical (unpaired) electrons. The van der Waals surface area contributed by atoms with Crippen molar-refractivity contribution in [1.29, 1.82) is 0 Å². The predicted molar refractivity (Wildman–Crippen MR) is 98.5 cm³/mol. The molecule has 1 saturated heterocycles. The number of non-ortho nitro benzene ring substituents is 1. The Morgan fingerprint density at radius 1 is 1.11 bits per heavy atom. The van der Waals surface area contributed by atoms with E-state index < -0.39 is 42.2 Å². The summed E-state index contributed by atoms with van der Waals surface area (Å²) in [6.07, 6.45) is -5.61. The van der Waals surface area contributed by atoms with E-state index in [-0.39, 0.29) is 22.4 Å². The van der Waals surface area contributed by atoms with Crippen molar-refractivity contribution in [2.45, 2.75) is 58.3 Å². The molecule has 1 aliphatic rings. The third-order valence-corrected chi connectivity index (χ3v) is 3.81. The van der Waals surface area contributed by atoms with Crippen molar-refractivity contribution in [1.82, 2.24) is 10.3 Å². The standard InChI is InChI=1S/C12H14N4O8.2C2H6/c17-3-6-10(18)11(19)9(12(20)23-6)13-4-1-2-5(16(21)22)8-7(4)14-24-15-8;2*1-2/h1-2,6,9-13,17-20H,3H2;2*1-2H3. The van der Waals surface area contributed by atoms with Crippen LogP contribution in [0.4, 0.5) is 11.4 Å². The van der Waals surface area contributed by atoms with Crippen molar-refractivity contribution in [3.63, 3.8) is 0 Å². The van der Waals surface area contributed by atoms with Crippen LogP contribution in [-0.4, -0.2) is 72.9 Å². The number of fused-ring (bicyclic) bond motifs is 1. The monoisotopic (exact) mass is 402 g/mol. The first-order chi connectivity index (χ1) is 13.4. The van der Waals surface area contributed by atoms with E-state index in [0.29, 0.717) is 0 Å². The van der Waals surface area contributed by atoms with Gasteiger partial charge in [-0.25, -0.2) is 4.63 Å². The topological polar surface area (TPSA) is 184 Å². The highest BCUT2D eigenvalue weighted by Gasteiger charge is 2.44. The SMILES string of the molecule is CC.CC.O=[N+]([O-])c1ccc(NC2C(O)OC(CO)C(O)C2O)c2nonc12. The van der Waals surface area contributed by atoms with E-state index >= 15 is 0 Å². The molecular weight excluding hydrogens is 376 g/mol. The van der Waals surface area contributed by atoms with Crippen LogP contribution in [0, 0.1) is 10.1 Å². The smallest absolute Gasteiger partial charge is 0.300 e. The van der Waals surface area contributed by atoms with E-state index in [1.807, 2.05) is 27.7 Å². The molecule has 5 N–H and O–H groups in total. The van der Waals surface area contributed by atoms with Crippen LogP contribution in [0.3, 0.4) is 0 Å². The third-order valence-electron chi connectivity index (χ3n) is 3.81. The van der Waals surface area contributed by atoms with Crippen LogP contribution in [0.25, 0.3) is 11.0 Å². The number of rotatable bonds is 4. The first-order valence-corrected chi connectivity index (χ1v) is 8.90. The van der Waals surface area contributed by atoms with Crippen molar-refractivity contribution in [2.75, 3.05) is 11.9 Å². The van der Waals surface area contributed by atoms with E-state index in [0.717, 1.165) is 6.07 Å². The molecule has 0 aliphatic carbocycles. The van der Waals surface area contributed by atoms with Crippen LogP contribution >= 0.6 is 0 Å². The Kier molecular flexibility index (Phi) is 9.15. The predicted octanol–water partition coefficient (Wildman–Crippen LogP) is 0.395. The molecule has 28 heavy (non-hydrogen) atoms. The molecular formula is C16H26N4O8. The van der Waals surface area contributed by atoms with Gasteiger partial charge in [0.15, 0.2) is 11.8 Å². The molecule has 0 bridgehead atoms. The quantitative estimate of drug-likeness (QED) is 0.352. The normalized spacial score (nSPS) is 26.5. The Hall–Kier alpha value is -2.38. The van der Waals surface area contributed by atoms with Crippen LogP contribution in [0.5, 0.6) is 0 Å². The first kappa shape index (κ1) is 23.7. The van der Waals surface area contributed by atoms with Gasteiger partial charge in [-0.1, -0.05) is 27.7 Å². The molecule has 12 heteroatoms. The molecule has 2 aromatic rings. The van der Waals surface area contributed by atoms with E-state index in [1.165, 1.54) is 6.07 Å². The minimum absolute atomic E-state index is 0.0161. The number of nitro groups is 1. The Morgan fingerprint density at radius 3 is 2.29 bits per heavy atom. The molecule has 5 unspecified atom stereocenters. The van der Waals surface area contributed by atoms with Crippen molar-refractivity contribution >= 4 is 22.4 Å². The van der Waals surface area contributed by atoms with E-state index in [4.69, 9.17) is 9.84 Å². The second-order valence-electron chi connectivity index (χ2n) is 5.25. The number of anilines is 1. The molecule has 0 saturated carbocycles. The second kappa shape index (κ2) is 10.8. The molecule has 2 heterocycles. The summed E-state index contributed by atoms with van der Waals surface area (Å²) in [5.74, 6) is 0. The highest BCUT2D eigenvalue weighted by Crippen LogP contribution is 2.31. The molecule has 3 rings (SSSR count). The van der Waals surface area contributed by atoms with Gasteiger partial charge in [-0.2, -0.15) is 0 Å². The van der Waals surface area contributed by atoms with Crippen LogP contribution < -0.4 is 5.32 Å². The number of aliphatic hydroxyl groups is 4. The second-order valence-corrected chi connectivity index (χ2v) is 5.25. The molecule has 0 spiro atoms. The van der Waals surface area contributed by atoms with E-state index in [9.17, 15) is 25.4 Å². The zero-order valence-electron chi connectivity index (χ0n) is 16.0. The zero-order chi connectivity index (χ0) is 21.4. The number of hydrogen-bond acceptors (Lipinski definition) is 11. The fourth-order valence-electron chi connectivity index (χ4n) is 2.55. The summed E-state index contributed by atoms with van der Waals surface area (Å²) in [5.41, 5.74) is -0.238. The fraction of sp³-hybridized carbons (Fsp3) is 0.625. The van der Waals surface area contributed by atoms with Gasteiger partial charge in [0, 0.05) is 6.07 Å². The Bertz CT molecular complexity index is 755. The average molecular weight is 402 g/mol. The van der Waals surface area contributed by atoms with Gasteiger partial charge in [-0.05, 0) is 16.4 Å². The number of nitrogens with one attached hydrogen (secondary N) is 1. The summed E-state index contributed by atoms with van der Waals surface area (Å²) in [6, 6.07) is 1.28. The molecule has 12 nitrogen and oxygen atoms in total. The molecule has 0 amide bonds. The van der Waals surface area contributed by atoms with E-state index in [2.05, 4.69) is 20.3 Å². The van der Waals surface area contributed by atoms with Crippen molar-refractivity contribution in [2.24, 2.45) is 0 Å². The molecule has 1 aromatic carbocycles. The number of aromatic nitrogens is 2. The largest absolute Gasteiger partial charge is 0.394 e. The maximum atomic E-state index is 10.9. The van der Waals surface area contributed by atoms with Gasteiger partial charge in [-0.3, -0.25) is 10.1 Å².